The lowest BCUT2D eigenvalue weighted by atomic mass is 9.84. The Morgan fingerprint density at radius 3 is 2.72 bits per heavy atom. The first-order chi connectivity index (χ1) is 15.3. The number of carbonyl (C=O) groups is 1. The Kier molecular flexibility index (Phi) is 6.14. The normalized spacial score (nSPS) is 17.4. The monoisotopic (exact) mass is 447 g/mol. The number of aliphatic hydroxyl groups excluding tert-OH is 1. The van der Waals surface area contributed by atoms with Gasteiger partial charge in [0.15, 0.2) is 5.78 Å². The molecule has 0 aromatic carbocycles. The average Bonchev–Trinajstić information content (AvgIpc) is 3.20. The Hall–Kier alpha value is -3.01. The summed E-state index contributed by atoms with van der Waals surface area (Å²) in [6.45, 7) is 1.61. The van der Waals surface area contributed by atoms with Crippen LogP contribution in [0.25, 0.3) is 11.0 Å². The number of hydrogen-bond donors (Lipinski definition) is 3. The standard InChI is InChI=1S/C22H24F3N5O2/c1-12(10-31)29-21-17-16(9-26-20(17)27-11-28-21)18(32)15-3-2-14(30-19(15)23)8-13-4-6-22(24,25)7-5-13/h2-3,9,11-13,31H,4-8,10H2,1H3,(H2,26,27,28,29)/t12-/m1/s1. The molecule has 0 amide bonds. The number of aromatic nitrogens is 4. The number of hydrogen-bond acceptors (Lipinski definition) is 6. The van der Waals surface area contributed by atoms with Crippen LogP contribution in [-0.4, -0.2) is 49.4 Å². The molecule has 0 spiro atoms. The highest BCUT2D eigenvalue weighted by Gasteiger charge is 2.35. The number of anilines is 1. The fraction of sp³-hybridized carbons (Fsp3) is 0.455. The predicted octanol–water partition coefficient (Wildman–Crippen LogP) is 3.88. The van der Waals surface area contributed by atoms with Crippen molar-refractivity contribution in [1.82, 2.24) is 19.9 Å². The molecule has 3 aromatic heterocycles. The molecule has 3 aromatic rings. The maximum Gasteiger partial charge on any atom is 0.248 e. The molecule has 1 aliphatic carbocycles. The largest absolute Gasteiger partial charge is 0.394 e. The lowest BCUT2D eigenvalue weighted by Crippen LogP contribution is -2.25. The first kappa shape index (κ1) is 22.2. The smallest absolute Gasteiger partial charge is 0.248 e. The van der Waals surface area contributed by atoms with Crippen LogP contribution in [0.5, 0.6) is 0 Å². The third-order valence-electron chi connectivity index (χ3n) is 5.86. The fourth-order valence-electron chi connectivity index (χ4n) is 4.03. The molecule has 1 saturated carbocycles. The van der Waals surface area contributed by atoms with Crippen molar-refractivity contribution in [3.05, 3.63) is 47.4 Å². The third kappa shape index (κ3) is 4.59. The van der Waals surface area contributed by atoms with Crippen LogP contribution in [0, 0.1) is 11.9 Å². The van der Waals surface area contributed by atoms with E-state index in [1.54, 1.807) is 13.0 Å². The summed E-state index contributed by atoms with van der Waals surface area (Å²) in [7, 11) is 0. The van der Waals surface area contributed by atoms with Gasteiger partial charge in [0.1, 0.15) is 17.8 Å². The molecule has 0 radical (unpaired) electrons. The number of aliphatic hydroxyl groups is 1. The van der Waals surface area contributed by atoms with Gasteiger partial charge >= 0.3 is 0 Å². The fourth-order valence-corrected chi connectivity index (χ4v) is 4.03. The van der Waals surface area contributed by atoms with Gasteiger partial charge in [0.25, 0.3) is 0 Å². The van der Waals surface area contributed by atoms with Crippen LogP contribution in [0.2, 0.25) is 0 Å². The Morgan fingerprint density at radius 1 is 1.28 bits per heavy atom. The number of halogens is 3. The number of nitrogens with one attached hydrogen (secondary N) is 2. The highest BCUT2D eigenvalue weighted by molar-refractivity contribution is 6.18. The second kappa shape index (κ2) is 8.85. The first-order valence-electron chi connectivity index (χ1n) is 10.5. The van der Waals surface area contributed by atoms with E-state index in [0.29, 0.717) is 41.8 Å². The molecule has 0 unspecified atom stereocenters. The second-order valence-electron chi connectivity index (χ2n) is 8.35. The third-order valence-corrected chi connectivity index (χ3v) is 5.86. The lowest BCUT2D eigenvalue weighted by Gasteiger charge is -2.28. The number of ketones is 1. The van der Waals surface area contributed by atoms with E-state index < -0.39 is 17.7 Å². The van der Waals surface area contributed by atoms with Crippen molar-refractivity contribution in [2.45, 2.75) is 51.0 Å². The maximum atomic E-state index is 14.8. The van der Waals surface area contributed by atoms with Crippen molar-refractivity contribution < 1.29 is 23.1 Å². The summed E-state index contributed by atoms with van der Waals surface area (Å²) in [6.07, 6.45) is 3.57. The highest BCUT2D eigenvalue weighted by Crippen LogP contribution is 2.37. The minimum atomic E-state index is -2.61. The molecule has 1 atom stereocenters. The SMILES string of the molecule is C[C@H](CO)Nc1ncnc2[nH]cc(C(=O)c3ccc(CC4CCC(F)(F)CC4)nc3F)c12. The van der Waals surface area contributed by atoms with E-state index in [4.69, 9.17) is 0 Å². The Balaban J connectivity index is 1.57. The van der Waals surface area contributed by atoms with Crippen LogP contribution < -0.4 is 5.32 Å². The van der Waals surface area contributed by atoms with Crippen molar-refractivity contribution in [1.29, 1.82) is 0 Å². The molecular weight excluding hydrogens is 423 g/mol. The van der Waals surface area contributed by atoms with Crippen molar-refractivity contribution in [3.63, 3.8) is 0 Å². The molecule has 32 heavy (non-hydrogen) atoms. The summed E-state index contributed by atoms with van der Waals surface area (Å²) < 4.78 is 41.5. The lowest BCUT2D eigenvalue weighted by molar-refractivity contribution is -0.0457. The van der Waals surface area contributed by atoms with Crippen LogP contribution in [-0.2, 0) is 6.42 Å². The molecule has 0 saturated heterocycles. The van der Waals surface area contributed by atoms with Gasteiger partial charge < -0.3 is 15.4 Å². The number of fused-ring (bicyclic) bond motifs is 1. The van der Waals surface area contributed by atoms with Gasteiger partial charge in [-0.15, -0.1) is 0 Å². The molecule has 10 heteroatoms. The van der Waals surface area contributed by atoms with E-state index in [9.17, 15) is 23.1 Å². The van der Waals surface area contributed by atoms with Crippen molar-refractivity contribution in [2.75, 3.05) is 11.9 Å². The number of alkyl halides is 2. The summed E-state index contributed by atoms with van der Waals surface area (Å²) in [4.78, 5) is 28.2. The van der Waals surface area contributed by atoms with Crippen LogP contribution in [0.15, 0.2) is 24.7 Å². The summed E-state index contributed by atoms with van der Waals surface area (Å²) in [6, 6.07) is 2.63. The molecule has 4 rings (SSSR count). The van der Waals surface area contributed by atoms with E-state index in [0.717, 1.165) is 0 Å². The number of rotatable bonds is 7. The molecular formula is C22H24F3N5O2. The average molecular weight is 447 g/mol. The van der Waals surface area contributed by atoms with Gasteiger partial charge in [-0.25, -0.2) is 23.7 Å². The highest BCUT2D eigenvalue weighted by atomic mass is 19.3. The van der Waals surface area contributed by atoms with Gasteiger partial charge in [0.05, 0.1) is 23.1 Å². The quantitative estimate of drug-likeness (QED) is 0.375. The molecule has 7 nitrogen and oxygen atoms in total. The number of H-pyrrole nitrogens is 1. The predicted molar refractivity (Wildman–Crippen MR) is 112 cm³/mol. The molecule has 0 bridgehead atoms. The van der Waals surface area contributed by atoms with E-state index in [-0.39, 0.29) is 42.5 Å². The van der Waals surface area contributed by atoms with Gasteiger partial charge in [-0.05, 0) is 44.2 Å². The van der Waals surface area contributed by atoms with Crippen molar-refractivity contribution >= 4 is 22.6 Å². The van der Waals surface area contributed by atoms with Crippen LogP contribution >= 0.6 is 0 Å². The number of nitrogens with zero attached hydrogens (tertiary/aromatic N) is 3. The van der Waals surface area contributed by atoms with E-state index >= 15 is 0 Å². The Morgan fingerprint density at radius 2 is 2.03 bits per heavy atom. The van der Waals surface area contributed by atoms with E-state index in [2.05, 4.69) is 25.3 Å². The first-order valence-corrected chi connectivity index (χ1v) is 10.5. The summed E-state index contributed by atoms with van der Waals surface area (Å²) in [5.74, 6) is -3.73. The zero-order chi connectivity index (χ0) is 22.9. The minimum absolute atomic E-state index is 0.0241. The van der Waals surface area contributed by atoms with Crippen LogP contribution in [0.1, 0.15) is 54.2 Å². The zero-order valence-electron chi connectivity index (χ0n) is 17.5. The maximum absolute atomic E-state index is 14.8. The Bertz CT molecular complexity index is 1120. The Labute approximate surface area is 182 Å². The zero-order valence-corrected chi connectivity index (χ0v) is 17.5. The van der Waals surface area contributed by atoms with E-state index in [1.807, 2.05) is 0 Å². The van der Waals surface area contributed by atoms with Crippen LogP contribution in [0.4, 0.5) is 19.0 Å². The van der Waals surface area contributed by atoms with Crippen LogP contribution in [0.3, 0.4) is 0 Å². The number of pyridine rings is 1. The van der Waals surface area contributed by atoms with E-state index in [1.165, 1.54) is 18.6 Å². The molecule has 0 aliphatic heterocycles. The molecule has 1 fully saturated rings. The molecule has 3 heterocycles. The minimum Gasteiger partial charge on any atom is -0.394 e. The second-order valence-corrected chi connectivity index (χ2v) is 8.35. The van der Waals surface area contributed by atoms with Gasteiger partial charge in [0.2, 0.25) is 11.9 Å². The molecule has 3 N–H and O–H groups in total. The molecule has 170 valence electrons. The van der Waals surface area contributed by atoms with Gasteiger partial charge in [-0.2, -0.15) is 4.39 Å². The van der Waals surface area contributed by atoms with Crippen molar-refractivity contribution in [3.8, 4) is 0 Å². The number of aromatic amines is 1. The summed E-state index contributed by atoms with van der Waals surface area (Å²) in [5.41, 5.74) is 0.816. The summed E-state index contributed by atoms with van der Waals surface area (Å²) >= 11 is 0. The topological polar surface area (TPSA) is 104 Å². The van der Waals surface area contributed by atoms with Gasteiger partial charge in [-0.1, -0.05) is 0 Å². The molecule has 1 aliphatic rings. The van der Waals surface area contributed by atoms with Gasteiger partial charge in [0, 0.05) is 30.8 Å². The summed E-state index contributed by atoms with van der Waals surface area (Å²) in [5, 5.41) is 12.7. The van der Waals surface area contributed by atoms with Gasteiger partial charge in [-0.3, -0.25) is 4.79 Å². The number of carbonyl (C=O) groups excluding carboxylic acids is 1. The van der Waals surface area contributed by atoms with Crippen molar-refractivity contribution in [2.24, 2.45) is 5.92 Å².